The van der Waals surface area contributed by atoms with E-state index in [9.17, 15) is 14.4 Å². The molecule has 0 heterocycles. The Morgan fingerprint density at radius 2 is 1.59 bits per heavy atom. The van der Waals surface area contributed by atoms with E-state index in [1.165, 1.54) is 19.1 Å². The summed E-state index contributed by atoms with van der Waals surface area (Å²) >= 11 is 0. The van der Waals surface area contributed by atoms with Crippen LogP contribution in [-0.4, -0.2) is 57.6 Å². The second-order valence-corrected chi connectivity index (χ2v) is 6.35. The molecule has 154 valence electrons. The van der Waals surface area contributed by atoms with Gasteiger partial charge in [0.1, 0.15) is 0 Å². The molecular weight excluding hydrogens is 376 g/mol. The van der Waals surface area contributed by atoms with E-state index in [4.69, 9.17) is 14.2 Å². The number of carbonyl (C=O) groups is 3. The molecule has 8 heteroatoms. The predicted molar refractivity (Wildman–Crippen MR) is 107 cm³/mol. The third kappa shape index (κ3) is 6.24. The number of benzene rings is 2. The minimum atomic E-state index is -0.542. The van der Waals surface area contributed by atoms with Gasteiger partial charge in [0, 0.05) is 25.3 Å². The van der Waals surface area contributed by atoms with E-state index in [1.807, 2.05) is 0 Å². The van der Waals surface area contributed by atoms with Crippen LogP contribution in [0.25, 0.3) is 0 Å². The highest BCUT2D eigenvalue weighted by Crippen LogP contribution is 2.27. The number of esters is 1. The first kappa shape index (κ1) is 21.7. The largest absolute Gasteiger partial charge is 0.493 e. The third-order valence-electron chi connectivity index (χ3n) is 3.98. The number of anilines is 1. The van der Waals surface area contributed by atoms with Crippen LogP contribution in [-0.2, 0) is 20.7 Å². The quantitative estimate of drug-likeness (QED) is 0.683. The van der Waals surface area contributed by atoms with E-state index in [2.05, 4.69) is 5.32 Å². The Bertz CT molecular complexity index is 877. The van der Waals surface area contributed by atoms with Crippen LogP contribution in [0, 0.1) is 0 Å². The number of rotatable bonds is 8. The van der Waals surface area contributed by atoms with Gasteiger partial charge in [-0.3, -0.25) is 14.4 Å². The number of ether oxygens (including phenoxy) is 3. The lowest BCUT2D eigenvalue weighted by molar-refractivity contribution is -0.146. The molecule has 29 heavy (non-hydrogen) atoms. The molecule has 0 fully saturated rings. The zero-order valence-corrected chi connectivity index (χ0v) is 16.9. The van der Waals surface area contributed by atoms with Crippen molar-refractivity contribution in [3.8, 4) is 11.5 Å². The Labute approximate surface area is 169 Å². The number of hydrogen-bond donors (Lipinski definition) is 1. The van der Waals surface area contributed by atoms with E-state index in [-0.39, 0.29) is 12.3 Å². The van der Waals surface area contributed by atoms with Gasteiger partial charge in [-0.1, -0.05) is 6.07 Å². The van der Waals surface area contributed by atoms with Crippen molar-refractivity contribution in [2.75, 3.05) is 40.2 Å². The molecule has 0 saturated carbocycles. The summed E-state index contributed by atoms with van der Waals surface area (Å²) in [6.45, 7) is -0.412. The van der Waals surface area contributed by atoms with Crippen LogP contribution < -0.4 is 14.8 Å². The minimum Gasteiger partial charge on any atom is -0.493 e. The van der Waals surface area contributed by atoms with Crippen molar-refractivity contribution < 1.29 is 28.6 Å². The summed E-state index contributed by atoms with van der Waals surface area (Å²) in [5.41, 5.74) is 1.68. The zero-order chi connectivity index (χ0) is 21.4. The fraction of sp³-hybridized carbons (Fsp3) is 0.286. The Kier molecular flexibility index (Phi) is 7.59. The van der Waals surface area contributed by atoms with Gasteiger partial charge in [-0.15, -0.1) is 0 Å². The SMILES string of the molecule is COc1ccc(CC(=O)OCC(=O)Nc2ccc(C(=O)N(C)C)cc2)cc1OC. The highest BCUT2D eigenvalue weighted by molar-refractivity contribution is 5.96. The molecule has 0 radical (unpaired) electrons. The van der Waals surface area contributed by atoms with E-state index in [0.29, 0.717) is 28.3 Å². The van der Waals surface area contributed by atoms with Crippen molar-refractivity contribution in [2.45, 2.75) is 6.42 Å². The van der Waals surface area contributed by atoms with Gasteiger partial charge in [0.05, 0.1) is 20.6 Å². The number of nitrogens with one attached hydrogen (secondary N) is 1. The maximum atomic E-state index is 12.0. The molecule has 1 N–H and O–H groups in total. The molecule has 8 nitrogen and oxygen atoms in total. The molecule has 0 aliphatic rings. The maximum Gasteiger partial charge on any atom is 0.310 e. The molecule has 0 saturated heterocycles. The van der Waals surface area contributed by atoms with E-state index >= 15 is 0 Å². The lowest BCUT2D eigenvalue weighted by Gasteiger charge is -2.11. The van der Waals surface area contributed by atoms with Gasteiger partial charge in [-0.2, -0.15) is 0 Å². The number of hydrogen-bond acceptors (Lipinski definition) is 6. The van der Waals surface area contributed by atoms with Gasteiger partial charge in [0.15, 0.2) is 18.1 Å². The molecule has 2 aromatic rings. The van der Waals surface area contributed by atoms with Crippen molar-refractivity contribution >= 4 is 23.5 Å². The summed E-state index contributed by atoms with van der Waals surface area (Å²) in [6, 6.07) is 11.5. The lowest BCUT2D eigenvalue weighted by Crippen LogP contribution is -2.22. The van der Waals surface area contributed by atoms with Gasteiger partial charge < -0.3 is 24.4 Å². The molecule has 0 aliphatic heterocycles. The van der Waals surface area contributed by atoms with Gasteiger partial charge in [0.25, 0.3) is 11.8 Å². The van der Waals surface area contributed by atoms with E-state index in [1.54, 1.807) is 56.6 Å². The molecule has 0 bridgehead atoms. The molecule has 0 spiro atoms. The smallest absolute Gasteiger partial charge is 0.310 e. The molecule has 0 atom stereocenters. The van der Waals surface area contributed by atoms with E-state index in [0.717, 1.165) is 0 Å². The first-order chi connectivity index (χ1) is 13.8. The van der Waals surface area contributed by atoms with Crippen LogP contribution in [0.15, 0.2) is 42.5 Å². The summed E-state index contributed by atoms with van der Waals surface area (Å²) in [5.74, 6) is -0.0855. The highest BCUT2D eigenvalue weighted by Gasteiger charge is 2.12. The number of methoxy groups -OCH3 is 2. The third-order valence-corrected chi connectivity index (χ3v) is 3.98. The molecule has 2 amide bonds. The average Bonchev–Trinajstić information content (AvgIpc) is 2.72. The summed E-state index contributed by atoms with van der Waals surface area (Å²) < 4.78 is 15.4. The first-order valence-corrected chi connectivity index (χ1v) is 8.82. The monoisotopic (exact) mass is 400 g/mol. The predicted octanol–water partition coefficient (Wildman–Crippen LogP) is 2.13. The van der Waals surface area contributed by atoms with Gasteiger partial charge in [0.2, 0.25) is 0 Å². The minimum absolute atomic E-state index is 0.00498. The molecule has 2 aromatic carbocycles. The fourth-order valence-electron chi connectivity index (χ4n) is 2.51. The Morgan fingerprint density at radius 3 is 2.17 bits per heavy atom. The maximum absolute atomic E-state index is 12.0. The fourth-order valence-corrected chi connectivity index (χ4v) is 2.51. The summed E-state index contributed by atoms with van der Waals surface area (Å²) in [7, 11) is 6.36. The standard InChI is InChI=1S/C21H24N2O6/c1-23(2)21(26)15-6-8-16(9-7-15)22-19(24)13-29-20(25)12-14-5-10-17(27-3)18(11-14)28-4/h5-11H,12-13H2,1-4H3,(H,22,24). The Hall–Kier alpha value is -3.55. The summed E-state index contributed by atoms with van der Waals surface area (Å²) in [5, 5.41) is 2.61. The zero-order valence-electron chi connectivity index (χ0n) is 16.9. The molecule has 0 aliphatic carbocycles. The first-order valence-electron chi connectivity index (χ1n) is 8.82. The normalized spacial score (nSPS) is 10.1. The average molecular weight is 400 g/mol. The lowest BCUT2D eigenvalue weighted by atomic mass is 10.1. The second-order valence-electron chi connectivity index (χ2n) is 6.35. The molecule has 0 aromatic heterocycles. The molecule has 0 unspecified atom stereocenters. The van der Waals surface area contributed by atoms with Crippen molar-refractivity contribution in [3.63, 3.8) is 0 Å². The van der Waals surface area contributed by atoms with Crippen LogP contribution in [0.2, 0.25) is 0 Å². The van der Waals surface area contributed by atoms with Gasteiger partial charge >= 0.3 is 5.97 Å². The van der Waals surface area contributed by atoms with Crippen molar-refractivity contribution in [1.29, 1.82) is 0 Å². The number of carbonyl (C=O) groups excluding carboxylic acids is 3. The van der Waals surface area contributed by atoms with Gasteiger partial charge in [-0.05, 0) is 42.0 Å². The number of amides is 2. The highest BCUT2D eigenvalue weighted by atomic mass is 16.5. The van der Waals surface area contributed by atoms with Crippen LogP contribution in [0.4, 0.5) is 5.69 Å². The summed E-state index contributed by atoms with van der Waals surface area (Å²) in [6.07, 6.45) is -0.00498. The molecular formula is C21H24N2O6. The molecule has 2 rings (SSSR count). The topological polar surface area (TPSA) is 94.2 Å². The van der Waals surface area contributed by atoms with Crippen molar-refractivity contribution in [1.82, 2.24) is 4.90 Å². The Morgan fingerprint density at radius 1 is 0.931 bits per heavy atom. The van der Waals surface area contributed by atoms with Crippen molar-refractivity contribution in [2.24, 2.45) is 0 Å². The van der Waals surface area contributed by atoms with Gasteiger partial charge in [-0.25, -0.2) is 0 Å². The van der Waals surface area contributed by atoms with E-state index < -0.39 is 18.5 Å². The van der Waals surface area contributed by atoms with Crippen molar-refractivity contribution in [3.05, 3.63) is 53.6 Å². The van der Waals surface area contributed by atoms with Crippen LogP contribution in [0.5, 0.6) is 11.5 Å². The van der Waals surface area contributed by atoms with Crippen LogP contribution in [0.3, 0.4) is 0 Å². The second kappa shape index (κ2) is 10.1. The van der Waals surface area contributed by atoms with Crippen LogP contribution in [0.1, 0.15) is 15.9 Å². The summed E-state index contributed by atoms with van der Waals surface area (Å²) in [4.78, 5) is 37.3. The van der Waals surface area contributed by atoms with Crippen LogP contribution >= 0.6 is 0 Å². The number of nitrogens with zero attached hydrogens (tertiary/aromatic N) is 1. The Balaban J connectivity index is 1.84.